The van der Waals surface area contributed by atoms with Gasteiger partial charge in [-0.05, 0) is 35.7 Å². The molecule has 2 aromatic rings. The van der Waals surface area contributed by atoms with Crippen molar-refractivity contribution in [3.63, 3.8) is 0 Å². The van der Waals surface area contributed by atoms with Crippen molar-refractivity contribution in [1.82, 2.24) is 0 Å². The molecule has 0 aliphatic rings. The van der Waals surface area contributed by atoms with E-state index >= 15 is 0 Å². The minimum atomic E-state index is -0.993. The van der Waals surface area contributed by atoms with Crippen LogP contribution in [0.2, 0.25) is 0 Å². The molecule has 0 saturated heterocycles. The molecule has 0 radical (unpaired) electrons. The third kappa shape index (κ3) is 4.31. The third-order valence-electron chi connectivity index (χ3n) is 3.20. The lowest BCUT2D eigenvalue weighted by atomic mass is 9.99. The lowest BCUT2D eigenvalue weighted by molar-refractivity contribution is 0.0535. The summed E-state index contributed by atoms with van der Waals surface area (Å²) < 4.78 is 5.37. The minimum absolute atomic E-state index is 0.0479. The van der Waals surface area contributed by atoms with Crippen molar-refractivity contribution in [3.8, 4) is 5.75 Å². The zero-order valence-electron chi connectivity index (χ0n) is 12.0. The van der Waals surface area contributed by atoms with Crippen LogP contribution in [-0.4, -0.2) is 40.6 Å². The summed E-state index contributed by atoms with van der Waals surface area (Å²) >= 11 is 0. The Kier molecular flexibility index (Phi) is 5.52. The van der Waals surface area contributed by atoms with E-state index in [1.54, 1.807) is 12.1 Å². The SMILES string of the molecule is O=C(O)c1ccc(OCC(O)CO)cc1Cc1ccccc1. The Balaban J connectivity index is 2.22. The topological polar surface area (TPSA) is 87.0 Å². The van der Waals surface area contributed by atoms with E-state index in [-0.39, 0.29) is 18.8 Å². The maximum absolute atomic E-state index is 11.3. The predicted octanol–water partition coefficient (Wildman–Crippen LogP) is 1.71. The van der Waals surface area contributed by atoms with Crippen molar-refractivity contribution in [2.75, 3.05) is 13.2 Å². The van der Waals surface area contributed by atoms with E-state index in [2.05, 4.69) is 0 Å². The fraction of sp³-hybridized carbons (Fsp3) is 0.235. The van der Waals surface area contributed by atoms with Crippen LogP contribution >= 0.6 is 0 Å². The van der Waals surface area contributed by atoms with Crippen LogP contribution < -0.4 is 4.74 Å². The van der Waals surface area contributed by atoms with Gasteiger partial charge in [0.2, 0.25) is 0 Å². The molecule has 22 heavy (non-hydrogen) atoms. The van der Waals surface area contributed by atoms with Crippen LogP contribution in [0.4, 0.5) is 0 Å². The van der Waals surface area contributed by atoms with Gasteiger partial charge < -0.3 is 20.1 Å². The average molecular weight is 302 g/mol. The van der Waals surface area contributed by atoms with Crippen molar-refractivity contribution in [1.29, 1.82) is 0 Å². The van der Waals surface area contributed by atoms with Crippen molar-refractivity contribution in [2.45, 2.75) is 12.5 Å². The van der Waals surface area contributed by atoms with E-state index < -0.39 is 12.1 Å². The molecule has 0 amide bonds. The predicted molar refractivity (Wildman–Crippen MR) is 81.2 cm³/mol. The number of hydrogen-bond acceptors (Lipinski definition) is 4. The van der Waals surface area contributed by atoms with Gasteiger partial charge in [-0.2, -0.15) is 0 Å². The number of aliphatic hydroxyl groups is 2. The van der Waals surface area contributed by atoms with E-state index in [1.165, 1.54) is 6.07 Å². The zero-order chi connectivity index (χ0) is 15.9. The largest absolute Gasteiger partial charge is 0.491 e. The summed E-state index contributed by atoms with van der Waals surface area (Å²) in [6, 6.07) is 14.2. The number of aromatic carboxylic acids is 1. The summed E-state index contributed by atoms with van der Waals surface area (Å²) in [5, 5.41) is 27.3. The number of ether oxygens (including phenoxy) is 1. The Morgan fingerprint density at radius 1 is 1.14 bits per heavy atom. The second-order valence-corrected chi connectivity index (χ2v) is 4.93. The minimum Gasteiger partial charge on any atom is -0.491 e. The van der Waals surface area contributed by atoms with E-state index in [0.717, 1.165) is 5.56 Å². The van der Waals surface area contributed by atoms with Crippen molar-refractivity contribution in [3.05, 3.63) is 65.2 Å². The molecule has 0 heterocycles. The highest BCUT2D eigenvalue weighted by Crippen LogP contribution is 2.21. The summed E-state index contributed by atoms with van der Waals surface area (Å²) in [4.78, 5) is 11.3. The number of hydrogen-bond donors (Lipinski definition) is 3. The molecule has 1 unspecified atom stereocenters. The maximum Gasteiger partial charge on any atom is 0.335 e. The van der Waals surface area contributed by atoms with Gasteiger partial charge in [0.25, 0.3) is 0 Å². The molecule has 0 aliphatic carbocycles. The first-order valence-electron chi connectivity index (χ1n) is 6.92. The first-order chi connectivity index (χ1) is 10.6. The van der Waals surface area contributed by atoms with Crippen LogP contribution in [0.15, 0.2) is 48.5 Å². The van der Waals surface area contributed by atoms with Gasteiger partial charge in [-0.15, -0.1) is 0 Å². The van der Waals surface area contributed by atoms with Crippen molar-refractivity contribution < 1.29 is 24.9 Å². The molecule has 0 saturated carbocycles. The lowest BCUT2D eigenvalue weighted by Gasteiger charge is -2.12. The smallest absolute Gasteiger partial charge is 0.335 e. The van der Waals surface area contributed by atoms with Gasteiger partial charge in [0.05, 0.1) is 12.2 Å². The van der Waals surface area contributed by atoms with Gasteiger partial charge in [0, 0.05) is 0 Å². The van der Waals surface area contributed by atoms with Crippen LogP contribution in [-0.2, 0) is 6.42 Å². The Labute approximate surface area is 128 Å². The van der Waals surface area contributed by atoms with Crippen LogP contribution in [0, 0.1) is 0 Å². The Morgan fingerprint density at radius 2 is 1.86 bits per heavy atom. The third-order valence-corrected chi connectivity index (χ3v) is 3.20. The fourth-order valence-corrected chi connectivity index (χ4v) is 2.08. The average Bonchev–Trinajstić information content (AvgIpc) is 2.53. The molecule has 2 aromatic carbocycles. The van der Waals surface area contributed by atoms with Crippen LogP contribution in [0.3, 0.4) is 0 Å². The van der Waals surface area contributed by atoms with Crippen LogP contribution in [0.1, 0.15) is 21.5 Å². The number of carboxylic acids is 1. The molecule has 0 bridgehead atoms. The van der Waals surface area contributed by atoms with Gasteiger partial charge in [-0.1, -0.05) is 30.3 Å². The quantitative estimate of drug-likeness (QED) is 0.725. The Bertz CT molecular complexity index is 624. The van der Waals surface area contributed by atoms with Gasteiger partial charge in [0.15, 0.2) is 0 Å². The normalized spacial score (nSPS) is 11.9. The summed E-state index contributed by atoms with van der Waals surface area (Å²) in [5.41, 5.74) is 1.85. The molecule has 0 aliphatic heterocycles. The standard InChI is InChI=1S/C17H18O5/c18-10-14(19)11-22-15-6-7-16(17(20)21)13(9-15)8-12-4-2-1-3-5-12/h1-7,9,14,18-19H,8,10-11H2,(H,20,21). The Morgan fingerprint density at radius 3 is 2.50 bits per heavy atom. The summed E-state index contributed by atoms with van der Waals surface area (Å²) in [6.45, 7) is -0.433. The van der Waals surface area contributed by atoms with Crippen LogP contribution in [0.25, 0.3) is 0 Å². The van der Waals surface area contributed by atoms with E-state index in [4.69, 9.17) is 9.84 Å². The van der Waals surface area contributed by atoms with Crippen molar-refractivity contribution in [2.24, 2.45) is 0 Å². The first kappa shape index (κ1) is 16.0. The zero-order valence-corrected chi connectivity index (χ0v) is 12.0. The molecule has 5 nitrogen and oxygen atoms in total. The number of rotatable bonds is 7. The molecule has 116 valence electrons. The molecular formula is C17H18O5. The molecule has 5 heteroatoms. The summed E-state index contributed by atoms with van der Waals surface area (Å²) in [5.74, 6) is -0.531. The summed E-state index contributed by atoms with van der Waals surface area (Å²) in [7, 11) is 0. The monoisotopic (exact) mass is 302 g/mol. The van der Waals surface area contributed by atoms with E-state index in [9.17, 15) is 15.0 Å². The number of carboxylic acid groups (broad SMARTS) is 1. The maximum atomic E-state index is 11.3. The molecule has 2 rings (SSSR count). The molecule has 0 aromatic heterocycles. The van der Waals surface area contributed by atoms with E-state index in [0.29, 0.717) is 17.7 Å². The number of benzene rings is 2. The van der Waals surface area contributed by atoms with Gasteiger partial charge in [-0.3, -0.25) is 0 Å². The Hall–Kier alpha value is -2.37. The van der Waals surface area contributed by atoms with Crippen molar-refractivity contribution >= 4 is 5.97 Å². The second-order valence-electron chi connectivity index (χ2n) is 4.93. The lowest BCUT2D eigenvalue weighted by Crippen LogP contribution is -2.21. The van der Waals surface area contributed by atoms with E-state index in [1.807, 2.05) is 30.3 Å². The van der Waals surface area contributed by atoms with Gasteiger partial charge in [0.1, 0.15) is 18.5 Å². The highest BCUT2D eigenvalue weighted by molar-refractivity contribution is 5.89. The molecule has 0 fully saturated rings. The van der Waals surface area contributed by atoms with Gasteiger partial charge >= 0.3 is 5.97 Å². The number of aliphatic hydroxyl groups excluding tert-OH is 2. The van der Waals surface area contributed by atoms with Gasteiger partial charge in [-0.25, -0.2) is 4.79 Å². The molecule has 0 spiro atoms. The second kappa shape index (κ2) is 7.59. The molecule has 1 atom stereocenters. The number of carbonyl (C=O) groups is 1. The first-order valence-corrected chi connectivity index (χ1v) is 6.92. The van der Waals surface area contributed by atoms with Crippen LogP contribution in [0.5, 0.6) is 5.75 Å². The molecule has 3 N–H and O–H groups in total. The fourth-order valence-electron chi connectivity index (χ4n) is 2.08. The highest BCUT2D eigenvalue weighted by Gasteiger charge is 2.12. The summed E-state index contributed by atoms with van der Waals surface area (Å²) in [6.07, 6.45) is -0.487. The highest BCUT2D eigenvalue weighted by atomic mass is 16.5. The molecular weight excluding hydrogens is 284 g/mol.